The second kappa shape index (κ2) is 5.36. The van der Waals surface area contributed by atoms with Crippen molar-refractivity contribution in [2.24, 2.45) is 0 Å². The topological polar surface area (TPSA) is 12.0 Å². The van der Waals surface area contributed by atoms with Crippen LogP contribution in [0, 0.1) is 0 Å². The van der Waals surface area contributed by atoms with Gasteiger partial charge in [0.1, 0.15) is 0 Å². The van der Waals surface area contributed by atoms with Crippen LogP contribution in [0.4, 0.5) is 0 Å². The van der Waals surface area contributed by atoms with Gasteiger partial charge in [-0.15, -0.1) is 0 Å². The van der Waals surface area contributed by atoms with E-state index in [0.717, 1.165) is 6.04 Å². The third kappa shape index (κ3) is 4.55. The lowest BCUT2D eigenvalue weighted by Gasteiger charge is -2.00. The molecule has 0 radical (unpaired) electrons. The highest BCUT2D eigenvalue weighted by Gasteiger charge is 2.19. The van der Waals surface area contributed by atoms with Crippen LogP contribution in [0.1, 0.15) is 46.0 Å². The summed E-state index contributed by atoms with van der Waals surface area (Å²) >= 11 is 0. The molecule has 1 heteroatoms. The molecule has 0 unspecified atom stereocenters. The fourth-order valence-corrected chi connectivity index (χ4v) is 1.39. The van der Waals surface area contributed by atoms with E-state index >= 15 is 0 Å². The molecular weight excluding hydrogens is 146 g/mol. The normalized spacial score (nSPS) is 18.3. The Balaban J connectivity index is 1.94. The Morgan fingerprint density at radius 3 is 2.83 bits per heavy atom. The number of hydrogen-bond acceptors (Lipinski definition) is 1. The monoisotopic (exact) mass is 167 g/mol. The maximum atomic E-state index is 3.51. The number of rotatable bonds is 6. The Hall–Kier alpha value is -0.300. The molecule has 0 heterocycles. The van der Waals surface area contributed by atoms with Crippen molar-refractivity contribution in [3.8, 4) is 0 Å². The lowest BCUT2D eigenvalue weighted by Crippen LogP contribution is -2.16. The molecule has 0 aromatic carbocycles. The second-order valence-electron chi connectivity index (χ2n) is 3.82. The fraction of sp³-hybridized carbons (Fsp3) is 0.818. The summed E-state index contributed by atoms with van der Waals surface area (Å²) in [7, 11) is 0. The molecule has 1 N–H and O–H groups in total. The van der Waals surface area contributed by atoms with Crippen molar-refractivity contribution in [1.29, 1.82) is 0 Å². The van der Waals surface area contributed by atoms with Crippen molar-refractivity contribution in [3.05, 3.63) is 11.6 Å². The first-order chi connectivity index (χ1) is 5.83. The van der Waals surface area contributed by atoms with E-state index in [9.17, 15) is 0 Å². The highest BCUT2D eigenvalue weighted by Crippen LogP contribution is 2.18. The van der Waals surface area contributed by atoms with Crippen LogP contribution in [-0.4, -0.2) is 12.6 Å². The molecule has 0 atom stereocenters. The predicted octanol–water partition coefficient (Wildman–Crippen LogP) is 2.87. The van der Waals surface area contributed by atoms with Gasteiger partial charge in [0.05, 0.1) is 0 Å². The van der Waals surface area contributed by atoms with Gasteiger partial charge in [0.2, 0.25) is 0 Å². The second-order valence-corrected chi connectivity index (χ2v) is 3.82. The highest BCUT2D eigenvalue weighted by molar-refractivity contribution is 4.97. The summed E-state index contributed by atoms with van der Waals surface area (Å²) in [5.41, 5.74) is 1.55. The molecule has 70 valence electrons. The van der Waals surface area contributed by atoms with Gasteiger partial charge in [-0.25, -0.2) is 0 Å². The Bertz CT molecular complexity index is 145. The lowest BCUT2D eigenvalue weighted by atomic mass is 10.1. The van der Waals surface area contributed by atoms with Crippen LogP contribution in [0.5, 0.6) is 0 Å². The largest absolute Gasteiger partial charge is 0.314 e. The summed E-state index contributed by atoms with van der Waals surface area (Å²) in [5.74, 6) is 0. The van der Waals surface area contributed by atoms with E-state index in [1.807, 2.05) is 0 Å². The molecule has 1 fully saturated rings. The smallest absolute Gasteiger partial charge is 0.00683 e. The van der Waals surface area contributed by atoms with Gasteiger partial charge in [-0.3, -0.25) is 0 Å². The molecule has 0 amide bonds. The molecule has 0 aliphatic heterocycles. The molecule has 0 bridgehead atoms. The fourth-order valence-electron chi connectivity index (χ4n) is 1.39. The van der Waals surface area contributed by atoms with Gasteiger partial charge in [-0.1, -0.05) is 25.0 Å². The van der Waals surface area contributed by atoms with Crippen LogP contribution in [0.2, 0.25) is 0 Å². The first-order valence-electron chi connectivity index (χ1n) is 5.22. The number of allylic oxidation sites excluding steroid dienone is 1. The first kappa shape index (κ1) is 9.79. The Kier molecular flexibility index (Phi) is 4.37. The van der Waals surface area contributed by atoms with Crippen LogP contribution in [-0.2, 0) is 0 Å². The Labute approximate surface area is 76.2 Å². The van der Waals surface area contributed by atoms with Gasteiger partial charge in [0.25, 0.3) is 0 Å². The van der Waals surface area contributed by atoms with Crippen LogP contribution in [0.3, 0.4) is 0 Å². The molecular formula is C11H21N. The average molecular weight is 167 g/mol. The molecule has 1 nitrogen and oxygen atoms in total. The average Bonchev–Trinajstić information content (AvgIpc) is 2.82. The minimum Gasteiger partial charge on any atom is -0.314 e. The molecule has 12 heavy (non-hydrogen) atoms. The maximum Gasteiger partial charge on any atom is 0.00683 e. The molecule has 1 aliphatic carbocycles. The summed E-state index contributed by atoms with van der Waals surface area (Å²) in [6.45, 7) is 5.64. The van der Waals surface area contributed by atoms with Crippen molar-refractivity contribution in [2.45, 2.75) is 52.0 Å². The van der Waals surface area contributed by atoms with Crippen molar-refractivity contribution < 1.29 is 0 Å². The third-order valence-corrected chi connectivity index (χ3v) is 2.29. The molecule has 1 aliphatic rings. The minimum atomic E-state index is 0.866. The van der Waals surface area contributed by atoms with Gasteiger partial charge in [0, 0.05) is 6.04 Å². The lowest BCUT2D eigenvalue weighted by molar-refractivity contribution is 0.687. The SMILES string of the molecule is CCCC(C)=CCCNC1CC1. The van der Waals surface area contributed by atoms with E-state index in [4.69, 9.17) is 0 Å². The van der Waals surface area contributed by atoms with Crippen molar-refractivity contribution in [3.63, 3.8) is 0 Å². The van der Waals surface area contributed by atoms with Gasteiger partial charge < -0.3 is 5.32 Å². The summed E-state index contributed by atoms with van der Waals surface area (Å²) < 4.78 is 0. The molecule has 1 saturated carbocycles. The van der Waals surface area contributed by atoms with E-state index in [-0.39, 0.29) is 0 Å². The van der Waals surface area contributed by atoms with Crippen LogP contribution < -0.4 is 5.32 Å². The predicted molar refractivity (Wildman–Crippen MR) is 54.3 cm³/mol. The van der Waals surface area contributed by atoms with Gasteiger partial charge in [-0.05, 0) is 39.2 Å². The molecule has 0 spiro atoms. The van der Waals surface area contributed by atoms with Crippen molar-refractivity contribution in [2.75, 3.05) is 6.54 Å². The van der Waals surface area contributed by atoms with E-state index in [1.54, 1.807) is 5.57 Å². The molecule has 0 saturated heterocycles. The quantitative estimate of drug-likeness (QED) is 0.474. The summed E-state index contributed by atoms with van der Waals surface area (Å²) in [6, 6.07) is 0.866. The van der Waals surface area contributed by atoms with Crippen LogP contribution >= 0.6 is 0 Å². The van der Waals surface area contributed by atoms with Gasteiger partial charge in [-0.2, -0.15) is 0 Å². The van der Waals surface area contributed by atoms with E-state index in [1.165, 1.54) is 38.6 Å². The minimum absolute atomic E-state index is 0.866. The summed E-state index contributed by atoms with van der Waals surface area (Å²) in [6.07, 6.45) is 8.93. The van der Waals surface area contributed by atoms with E-state index in [2.05, 4.69) is 25.2 Å². The third-order valence-electron chi connectivity index (χ3n) is 2.29. The Morgan fingerprint density at radius 2 is 2.25 bits per heavy atom. The van der Waals surface area contributed by atoms with Crippen LogP contribution in [0.15, 0.2) is 11.6 Å². The summed E-state index contributed by atoms with van der Waals surface area (Å²) in [5, 5.41) is 3.51. The molecule has 1 rings (SSSR count). The van der Waals surface area contributed by atoms with Crippen molar-refractivity contribution in [1.82, 2.24) is 5.32 Å². The zero-order chi connectivity index (χ0) is 8.81. The van der Waals surface area contributed by atoms with Crippen LogP contribution in [0.25, 0.3) is 0 Å². The van der Waals surface area contributed by atoms with Gasteiger partial charge >= 0.3 is 0 Å². The van der Waals surface area contributed by atoms with E-state index in [0.29, 0.717) is 0 Å². The zero-order valence-corrected chi connectivity index (χ0v) is 8.40. The maximum absolute atomic E-state index is 3.51. The number of nitrogens with one attached hydrogen (secondary N) is 1. The van der Waals surface area contributed by atoms with Gasteiger partial charge in [0.15, 0.2) is 0 Å². The standard InChI is InChI=1S/C11H21N/c1-3-5-10(2)6-4-9-12-11-7-8-11/h6,11-12H,3-5,7-9H2,1-2H3. The summed E-state index contributed by atoms with van der Waals surface area (Å²) in [4.78, 5) is 0. The Morgan fingerprint density at radius 1 is 1.50 bits per heavy atom. The highest BCUT2D eigenvalue weighted by atomic mass is 14.9. The van der Waals surface area contributed by atoms with E-state index < -0.39 is 0 Å². The molecule has 0 aromatic heterocycles. The zero-order valence-electron chi connectivity index (χ0n) is 8.40. The van der Waals surface area contributed by atoms with Crippen molar-refractivity contribution >= 4 is 0 Å². The molecule has 0 aromatic rings. The number of hydrogen-bond donors (Lipinski definition) is 1. The first-order valence-corrected chi connectivity index (χ1v) is 5.22.